The van der Waals surface area contributed by atoms with Crippen molar-refractivity contribution < 1.29 is 22.7 Å². The molecule has 2 heterocycles. The molecule has 0 spiro atoms. The molecule has 1 fully saturated rings. The van der Waals surface area contributed by atoms with E-state index in [-0.39, 0.29) is 36.1 Å². The van der Waals surface area contributed by atoms with Crippen molar-refractivity contribution in [2.45, 2.75) is 17.9 Å². The standard InChI is InChI=1S/C16H21N5O5S/c1-25-14-3-2-13(19-16(22)4-5-20-12-17-11-18-20)10-15(14)27(23,24)21-6-8-26-9-7-21/h2-3,10-12H,4-9H2,1H3,(H,19,22). The average molecular weight is 395 g/mol. The van der Waals surface area contributed by atoms with Gasteiger partial charge >= 0.3 is 0 Å². The number of aryl methyl sites for hydroxylation is 1. The SMILES string of the molecule is COc1ccc(NC(=O)CCn2cncn2)cc1S(=O)(=O)N1CCOCC1. The van der Waals surface area contributed by atoms with Crippen molar-refractivity contribution in [3.05, 3.63) is 30.9 Å². The van der Waals surface area contributed by atoms with Crippen LogP contribution < -0.4 is 10.1 Å². The fraction of sp³-hybridized carbons (Fsp3) is 0.438. The first kappa shape index (κ1) is 19.3. The second-order valence-corrected chi connectivity index (χ2v) is 7.75. The van der Waals surface area contributed by atoms with Crippen molar-refractivity contribution in [2.24, 2.45) is 0 Å². The minimum absolute atomic E-state index is 0.0148. The molecule has 27 heavy (non-hydrogen) atoms. The second-order valence-electron chi connectivity index (χ2n) is 5.84. The molecule has 10 nitrogen and oxygen atoms in total. The van der Waals surface area contributed by atoms with E-state index in [0.717, 1.165) is 0 Å². The number of ether oxygens (including phenoxy) is 2. The van der Waals surface area contributed by atoms with Crippen molar-refractivity contribution in [1.29, 1.82) is 0 Å². The molecule has 2 aromatic rings. The van der Waals surface area contributed by atoms with Gasteiger partial charge in [0.25, 0.3) is 0 Å². The molecule has 0 atom stereocenters. The third-order valence-corrected chi connectivity index (χ3v) is 5.99. The van der Waals surface area contributed by atoms with Gasteiger partial charge in [0.05, 0.1) is 26.9 Å². The lowest BCUT2D eigenvalue weighted by molar-refractivity contribution is -0.116. The number of carbonyl (C=O) groups excluding carboxylic acids is 1. The van der Waals surface area contributed by atoms with Crippen LogP contribution in [0.4, 0.5) is 5.69 Å². The Balaban J connectivity index is 1.75. The zero-order valence-electron chi connectivity index (χ0n) is 14.9. The van der Waals surface area contributed by atoms with Crippen LogP contribution in [0.25, 0.3) is 0 Å². The van der Waals surface area contributed by atoms with Crippen LogP contribution in [-0.2, 0) is 26.1 Å². The Morgan fingerprint density at radius 2 is 2.11 bits per heavy atom. The molecule has 0 unspecified atom stereocenters. The number of amides is 1. The summed E-state index contributed by atoms with van der Waals surface area (Å²) in [6.07, 6.45) is 3.10. The zero-order chi connectivity index (χ0) is 19.3. The van der Waals surface area contributed by atoms with Gasteiger partial charge in [-0.15, -0.1) is 0 Å². The topological polar surface area (TPSA) is 116 Å². The van der Waals surface area contributed by atoms with Gasteiger partial charge < -0.3 is 14.8 Å². The van der Waals surface area contributed by atoms with Crippen LogP contribution in [-0.4, -0.2) is 66.8 Å². The maximum atomic E-state index is 12.9. The molecule has 1 saturated heterocycles. The van der Waals surface area contributed by atoms with E-state index in [9.17, 15) is 13.2 Å². The molecule has 1 aliphatic rings. The number of benzene rings is 1. The predicted molar refractivity (Wildman–Crippen MR) is 95.8 cm³/mol. The number of anilines is 1. The largest absolute Gasteiger partial charge is 0.495 e. The van der Waals surface area contributed by atoms with Crippen molar-refractivity contribution in [3.8, 4) is 5.75 Å². The van der Waals surface area contributed by atoms with Crippen LogP contribution in [0.1, 0.15) is 6.42 Å². The van der Waals surface area contributed by atoms with Crippen molar-refractivity contribution in [2.75, 3.05) is 38.7 Å². The summed E-state index contributed by atoms with van der Waals surface area (Å²) in [6.45, 7) is 1.63. The first-order valence-electron chi connectivity index (χ1n) is 8.39. The first-order valence-corrected chi connectivity index (χ1v) is 9.83. The van der Waals surface area contributed by atoms with E-state index >= 15 is 0 Å². The number of carbonyl (C=O) groups is 1. The highest BCUT2D eigenvalue weighted by Crippen LogP contribution is 2.30. The summed E-state index contributed by atoms with van der Waals surface area (Å²) in [5.41, 5.74) is 0.381. The number of morpholine rings is 1. The van der Waals surface area contributed by atoms with Gasteiger partial charge in [-0.1, -0.05) is 0 Å². The third kappa shape index (κ3) is 4.62. The van der Waals surface area contributed by atoms with Crippen LogP contribution >= 0.6 is 0 Å². The number of nitrogens with one attached hydrogen (secondary N) is 1. The number of sulfonamides is 1. The molecule has 1 aliphatic heterocycles. The Labute approximate surface area is 157 Å². The smallest absolute Gasteiger partial charge is 0.246 e. The van der Waals surface area contributed by atoms with Crippen LogP contribution in [0.15, 0.2) is 35.7 Å². The highest BCUT2D eigenvalue weighted by Gasteiger charge is 2.29. The van der Waals surface area contributed by atoms with Crippen molar-refractivity contribution in [1.82, 2.24) is 19.1 Å². The minimum Gasteiger partial charge on any atom is -0.495 e. The Hall–Kier alpha value is -2.50. The summed E-state index contributed by atoms with van der Waals surface area (Å²) in [5.74, 6) is -0.0347. The van der Waals surface area contributed by atoms with Gasteiger partial charge in [-0.2, -0.15) is 9.40 Å². The first-order chi connectivity index (χ1) is 13.0. The average Bonchev–Trinajstić information content (AvgIpc) is 3.21. The number of hydrogen-bond donors (Lipinski definition) is 1. The lowest BCUT2D eigenvalue weighted by Gasteiger charge is -2.26. The molecule has 1 N–H and O–H groups in total. The summed E-state index contributed by atoms with van der Waals surface area (Å²) >= 11 is 0. The van der Waals surface area contributed by atoms with Crippen LogP contribution in [0.3, 0.4) is 0 Å². The van der Waals surface area contributed by atoms with Crippen LogP contribution in [0.2, 0.25) is 0 Å². The van der Waals surface area contributed by atoms with Gasteiger partial charge in [-0.05, 0) is 18.2 Å². The van der Waals surface area contributed by atoms with E-state index < -0.39 is 10.0 Å². The fourth-order valence-electron chi connectivity index (χ4n) is 2.67. The normalized spacial score (nSPS) is 15.4. The number of hydrogen-bond acceptors (Lipinski definition) is 7. The highest BCUT2D eigenvalue weighted by atomic mass is 32.2. The van der Waals surface area contributed by atoms with E-state index in [1.54, 1.807) is 10.7 Å². The second kappa shape index (κ2) is 8.46. The minimum atomic E-state index is -3.76. The molecule has 0 aliphatic carbocycles. The number of methoxy groups -OCH3 is 1. The molecule has 1 aromatic heterocycles. The Morgan fingerprint density at radius 3 is 2.78 bits per heavy atom. The Bertz CT molecular complexity index is 879. The van der Waals surface area contributed by atoms with Crippen molar-refractivity contribution in [3.63, 3.8) is 0 Å². The van der Waals surface area contributed by atoms with Gasteiger partial charge in [0.2, 0.25) is 15.9 Å². The fourth-order valence-corrected chi connectivity index (χ4v) is 4.26. The predicted octanol–water partition coefficient (Wildman–Crippen LogP) is 0.336. The molecular weight excluding hydrogens is 374 g/mol. The molecule has 1 amide bonds. The van der Waals surface area contributed by atoms with Gasteiger partial charge in [0.1, 0.15) is 23.3 Å². The molecule has 3 rings (SSSR count). The van der Waals surface area contributed by atoms with Gasteiger partial charge in [0, 0.05) is 25.2 Å². The van der Waals surface area contributed by atoms with E-state index in [0.29, 0.717) is 25.4 Å². The quantitative estimate of drug-likeness (QED) is 0.718. The Kier molecular flexibility index (Phi) is 6.04. The lowest BCUT2D eigenvalue weighted by atomic mass is 10.3. The highest BCUT2D eigenvalue weighted by molar-refractivity contribution is 7.89. The molecular formula is C16H21N5O5S. The summed E-state index contributed by atoms with van der Waals surface area (Å²) in [7, 11) is -2.35. The maximum Gasteiger partial charge on any atom is 0.246 e. The number of rotatable bonds is 7. The maximum absolute atomic E-state index is 12.9. The molecule has 0 bridgehead atoms. The number of aromatic nitrogens is 3. The summed E-state index contributed by atoms with van der Waals surface area (Å²) in [5, 5.41) is 6.64. The molecule has 0 radical (unpaired) electrons. The summed E-state index contributed by atoms with van der Waals surface area (Å²) in [4.78, 5) is 16.0. The van der Waals surface area contributed by atoms with E-state index in [2.05, 4.69) is 15.4 Å². The van der Waals surface area contributed by atoms with Crippen LogP contribution in [0, 0.1) is 0 Å². The molecule has 146 valence electrons. The lowest BCUT2D eigenvalue weighted by Crippen LogP contribution is -2.40. The molecule has 11 heteroatoms. The van der Waals surface area contributed by atoms with E-state index in [1.165, 1.54) is 36.2 Å². The summed E-state index contributed by atoms with van der Waals surface area (Å²) in [6, 6.07) is 4.54. The van der Waals surface area contributed by atoms with Gasteiger partial charge in [0.15, 0.2) is 0 Å². The molecule has 0 saturated carbocycles. The molecule has 1 aromatic carbocycles. The van der Waals surface area contributed by atoms with E-state index in [1.807, 2.05) is 0 Å². The Morgan fingerprint density at radius 1 is 1.33 bits per heavy atom. The number of nitrogens with zero attached hydrogens (tertiary/aromatic N) is 4. The van der Waals surface area contributed by atoms with Gasteiger partial charge in [-0.3, -0.25) is 9.48 Å². The van der Waals surface area contributed by atoms with E-state index in [4.69, 9.17) is 9.47 Å². The van der Waals surface area contributed by atoms with Gasteiger partial charge in [-0.25, -0.2) is 13.4 Å². The third-order valence-electron chi connectivity index (χ3n) is 4.07. The van der Waals surface area contributed by atoms with Crippen LogP contribution in [0.5, 0.6) is 5.75 Å². The summed E-state index contributed by atoms with van der Waals surface area (Å²) < 4.78 is 39.2. The van der Waals surface area contributed by atoms with Crippen molar-refractivity contribution >= 4 is 21.6 Å². The monoisotopic (exact) mass is 395 g/mol. The zero-order valence-corrected chi connectivity index (χ0v) is 15.7.